The van der Waals surface area contributed by atoms with E-state index in [0.717, 1.165) is 34.8 Å². The SMILES string of the molecule is C=CC=CC=C(C)CN(Cc1ccccc1)C(=S)SSC(=S)N(Cc1ccccc1)Cc1ccccc1. The van der Waals surface area contributed by atoms with Gasteiger partial charge in [0.05, 0.1) is 0 Å². The van der Waals surface area contributed by atoms with Gasteiger partial charge in [0, 0.05) is 26.2 Å². The van der Waals surface area contributed by atoms with Gasteiger partial charge in [-0.15, -0.1) is 0 Å². The topological polar surface area (TPSA) is 6.48 Å². The predicted octanol–water partition coefficient (Wildman–Crippen LogP) is 8.83. The Bertz CT molecular complexity index is 1150. The fourth-order valence-corrected chi connectivity index (χ4v) is 6.15. The lowest BCUT2D eigenvalue weighted by molar-refractivity contribution is 0.421. The molecular weight excluding hydrogens is 529 g/mol. The maximum absolute atomic E-state index is 5.93. The Morgan fingerprint density at radius 1 is 0.676 bits per heavy atom. The second-order valence-corrected chi connectivity index (χ2v) is 11.9. The second-order valence-electron chi connectivity index (χ2n) is 8.50. The summed E-state index contributed by atoms with van der Waals surface area (Å²) < 4.78 is 1.64. The van der Waals surface area contributed by atoms with Crippen molar-refractivity contribution in [3.63, 3.8) is 0 Å². The number of hydrogen-bond acceptors (Lipinski definition) is 4. The molecule has 0 saturated heterocycles. The molecule has 0 unspecified atom stereocenters. The van der Waals surface area contributed by atoms with Crippen molar-refractivity contribution in [1.29, 1.82) is 0 Å². The summed E-state index contributed by atoms with van der Waals surface area (Å²) in [6.07, 6.45) is 7.82. The molecule has 0 aliphatic rings. The molecule has 0 atom stereocenters. The molecule has 0 aliphatic carbocycles. The first kappa shape index (κ1) is 28.9. The molecule has 0 amide bonds. The van der Waals surface area contributed by atoms with Crippen molar-refractivity contribution in [1.82, 2.24) is 9.80 Å². The zero-order valence-electron chi connectivity index (χ0n) is 21.0. The highest BCUT2D eigenvalue weighted by molar-refractivity contribution is 8.89. The second kappa shape index (κ2) is 16.3. The number of benzene rings is 3. The Morgan fingerprint density at radius 3 is 1.51 bits per heavy atom. The first-order valence-electron chi connectivity index (χ1n) is 12.0. The van der Waals surface area contributed by atoms with Crippen molar-refractivity contribution >= 4 is 54.7 Å². The summed E-state index contributed by atoms with van der Waals surface area (Å²) in [5, 5.41) is 0. The molecule has 3 aromatic rings. The molecule has 0 aromatic heterocycles. The van der Waals surface area contributed by atoms with E-state index in [9.17, 15) is 0 Å². The van der Waals surface area contributed by atoms with Crippen LogP contribution in [0.25, 0.3) is 0 Å². The van der Waals surface area contributed by atoms with Crippen molar-refractivity contribution < 1.29 is 0 Å². The molecule has 0 spiro atoms. The summed E-state index contributed by atoms with van der Waals surface area (Å²) in [6, 6.07) is 31.3. The minimum Gasteiger partial charge on any atom is -0.349 e. The molecule has 0 N–H and O–H groups in total. The molecule has 0 bridgehead atoms. The molecule has 0 aliphatic heterocycles. The van der Waals surface area contributed by atoms with E-state index in [1.165, 1.54) is 22.3 Å². The monoisotopic (exact) mass is 560 g/mol. The maximum atomic E-state index is 5.93. The number of rotatable bonds is 10. The van der Waals surface area contributed by atoms with Crippen molar-refractivity contribution in [3.05, 3.63) is 144 Å². The van der Waals surface area contributed by atoms with E-state index in [-0.39, 0.29) is 0 Å². The Labute approximate surface area is 240 Å². The first-order valence-corrected chi connectivity index (χ1v) is 15.0. The van der Waals surface area contributed by atoms with Gasteiger partial charge >= 0.3 is 0 Å². The minimum absolute atomic E-state index is 0.743. The Kier molecular flexibility index (Phi) is 12.7. The fraction of sp³-hybridized carbons (Fsp3) is 0.161. The normalized spacial score (nSPS) is 11.3. The predicted molar refractivity (Wildman–Crippen MR) is 172 cm³/mol. The van der Waals surface area contributed by atoms with E-state index in [2.05, 4.69) is 102 Å². The van der Waals surface area contributed by atoms with Crippen LogP contribution in [-0.2, 0) is 19.6 Å². The molecule has 3 aromatic carbocycles. The highest BCUT2D eigenvalue weighted by Gasteiger charge is 2.17. The molecular formula is C31H32N2S4. The van der Waals surface area contributed by atoms with Crippen LogP contribution in [0.1, 0.15) is 23.6 Å². The van der Waals surface area contributed by atoms with Gasteiger partial charge in [-0.25, -0.2) is 0 Å². The summed E-state index contributed by atoms with van der Waals surface area (Å²) in [7, 11) is 3.12. The smallest absolute Gasteiger partial charge is 0.148 e. The summed E-state index contributed by atoms with van der Waals surface area (Å²) in [4.78, 5) is 4.48. The molecule has 2 nitrogen and oxygen atoms in total. The van der Waals surface area contributed by atoms with Crippen LogP contribution in [0.2, 0.25) is 0 Å². The van der Waals surface area contributed by atoms with Crippen LogP contribution in [0, 0.1) is 0 Å². The standard InChI is InChI=1S/C31H32N2S4/c1-3-4-8-15-26(2)22-32(23-27-16-9-5-10-17-27)30(34)36-37-31(35)33(24-28-18-11-6-12-19-28)25-29-20-13-7-14-21-29/h3-21H,1,22-25H2,2H3. The molecule has 0 saturated carbocycles. The van der Waals surface area contributed by atoms with E-state index in [4.69, 9.17) is 24.4 Å². The first-order chi connectivity index (χ1) is 18.0. The van der Waals surface area contributed by atoms with Crippen molar-refractivity contribution in [2.24, 2.45) is 0 Å². The quantitative estimate of drug-likeness (QED) is 0.138. The molecule has 0 fully saturated rings. The molecule has 6 heteroatoms. The van der Waals surface area contributed by atoms with Crippen molar-refractivity contribution in [2.75, 3.05) is 6.54 Å². The molecule has 0 radical (unpaired) electrons. The summed E-state index contributed by atoms with van der Waals surface area (Å²) >= 11 is 11.8. The third kappa shape index (κ3) is 10.7. The molecule has 0 heterocycles. The summed E-state index contributed by atoms with van der Waals surface area (Å²) in [6.45, 7) is 8.85. The molecule has 37 heavy (non-hydrogen) atoms. The van der Waals surface area contributed by atoms with E-state index < -0.39 is 0 Å². The van der Waals surface area contributed by atoms with Gasteiger partial charge < -0.3 is 9.80 Å². The molecule has 3 rings (SSSR count). The van der Waals surface area contributed by atoms with Gasteiger partial charge in [0.25, 0.3) is 0 Å². The Hall–Kier alpha value is -2.64. The van der Waals surface area contributed by atoms with Crippen LogP contribution in [-0.4, -0.2) is 25.0 Å². The number of thiocarbonyl (C=S) groups is 2. The third-order valence-corrected chi connectivity index (χ3v) is 9.15. The lowest BCUT2D eigenvalue weighted by atomic mass is 10.2. The van der Waals surface area contributed by atoms with E-state index in [1.807, 2.05) is 30.4 Å². The zero-order valence-corrected chi connectivity index (χ0v) is 24.3. The minimum atomic E-state index is 0.743. The molecule has 190 valence electrons. The van der Waals surface area contributed by atoms with Crippen LogP contribution in [0.4, 0.5) is 0 Å². The highest BCUT2D eigenvalue weighted by Crippen LogP contribution is 2.31. The number of allylic oxidation sites excluding steroid dienone is 4. The summed E-state index contributed by atoms with van der Waals surface area (Å²) in [5.74, 6) is 0. The Morgan fingerprint density at radius 2 is 1.08 bits per heavy atom. The van der Waals surface area contributed by atoms with Gasteiger partial charge in [0.2, 0.25) is 0 Å². The van der Waals surface area contributed by atoms with Gasteiger partial charge in [-0.1, -0.05) is 152 Å². The third-order valence-electron chi connectivity index (χ3n) is 5.42. The van der Waals surface area contributed by atoms with Crippen LogP contribution in [0.5, 0.6) is 0 Å². The van der Waals surface area contributed by atoms with Gasteiger partial charge in [0.15, 0.2) is 0 Å². The zero-order chi connectivity index (χ0) is 26.3. The van der Waals surface area contributed by atoms with Crippen LogP contribution < -0.4 is 0 Å². The lowest BCUT2D eigenvalue weighted by Crippen LogP contribution is -2.29. The lowest BCUT2D eigenvalue weighted by Gasteiger charge is -2.27. The van der Waals surface area contributed by atoms with Gasteiger partial charge in [0.1, 0.15) is 8.64 Å². The van der Waals surface area contributed by atoms with E-state index in [0.29, 0.717) is 0 Å². The average Bonchev–Trinajstić information content (AvgIpc) is 2.92. The maximum Gasteiger partial charge on any atom is 0.148 e. The summed E-state index contributed by atoms with van der Waals surface area (Å²) in [5.41, 5.74) is 4.91. The van der Waals surface area contributed by atoms with Crippen LogP contribution in [0.15, 0.2) is 127 Å². The van der Waals surface area contributed by atoms with E-state index >= 15 is 0 Å². The fourth-order valence-electron chi connectivity index (χ4n) is 3.61. The average molecular weight is 561 g/mol. The van der Waals surface area contributed by atoms with Crippen LogP contribution in [0.3, 0.4) is 0 Å². The van der Waals surface area contributed by atoms with Crippen molar-refractivity contribution in [2.45, 2.75) is 26.6 Å². The van der Waals surface area contributed by atoms with Gasteiger partial charge in [-0.05, 0) is 45.2 Å². The van der Waals surface area contributed by atoms with Gasteiger partial charge in [-0.2, -0.15) is 0 Å². The number of nitrogens with zero attached hydrogens (tertiary/aromatic N) is 2. The largest absolute Gasteiger partial charge is 0.349 e. The van der Waals surface area contributed by atoms with Crippen LogP contribution >= 0.6 is 46.0 Å². The number of hydrogen-bond donors (Lipinski definition) is 0. The van der Waals surface area contributed by atoms with E-state index in [1.54, 1.807) is 27.7 Å². The Balaban J connectivity index is 1.70. The van der Waals surface area contributed by atoms with Gasteiger partial charge in [-0.3, -0.25) is 0 Å². The highest BCUT2D eigenvalue weighted by atomic mass is 33.1. The van der Waals surface area contributed by atoms with Crippen molar-refractivity contribution in [3.8, 4) is 0 Å².